The second-order valence-electron chi connectivity index (χ2n) is 5.32. The number of nitrogens with one attached hydrogen (secondary N) is 1. The minimum atomic E-state index is -0.939. The molecule has 2 N–H and O–H groups in total. The third-order valence-electron chi connectivity index (χ3n) is 3.63. The highest BCUT2D eigenvalue weighted by molar-refractivity contribution is 5.81. The van der Waals surface area contributed by atoms with E-state index in [1.54, 1.807) is 0 Å². The average molecular weight is 261 g/mol. The lowest BCUT2D eigenvalue weighted by molar-refractivity contribution is -0.139. The van der Waals surface area contributed by atoms with Gasteiger partial charge in [0, 0.05) is 6.42 Å². The predicted octanol–water partition coefficient (Wildman–Crippen LogP) is 2.21. The van der Waals surface area contributed by atoms with Crippen LogP contribution in [0.1, 0.15) is 42.5 Å². The van der Waals surface area contributed by atoms with Crippen LogP contribution in [-0.2, 0) is 16.0 Å². The Hall–Kier alpha value is -1.84. The Kier molecular flexibility index (Phi) is 3.88. The van der Waals surface area contributed by atoms with Crippen molar-refractivity contribution in [1.29, 1.82) is 0 Å². The maximum Gasteiger partial charge on any atom is 0.303 e. The molecular weight excluding hydrogens is 242 g/mol. The Morgan fingerprint density at radius 1 is 1.37 bits per heavy atom. The summed E-state index contributed by atoms with van der Waals surface area (Å²) in [6, 6.07) is 6.32. The van der Waals surface area contributed by atoms with Crippen LogP contribution in [0.15, 0.2) is 18.2 Å². The van der Waals surface area contributed by atoms with Gasteiger partial charge in [0.05, 0.1) is 12.5 Å². The summed E-state index contributed by atoms with van der Waals surface area (Å²) in [5.41, 5.74) is 3.63. The molecule has 2 atom stereocenters. The number of hydrogen-bond donors (Lipinski definition) is 2. The molecule has 1 aromatic rings. The summed E-state index contributed by atoms with van der Waals surface area (Å²) in [5.74, 6) is -0.773. The van der Waals surface area contributed by atoms with Gasteiger partial charge in [0.2, 0.25) is 5.91 Å². The van der Waals surface area contributed by atoms with E-state index in [1.807, 2.05) is 6.92 Å². The van der Waals surface area contributed by atoms with Gasteiger partial charge in [-0.05, 0) is 30.4 Å². The zero-order valence-corrected chi connectivity index (χ0v) is 11.3. The third-order valence-corrected chi connectivity index (χ3v) is 3.63. The second-order valence-corrected chi connectivity index (χ2v) is 5.32. The highest BCUT2D eigenvalue weighted by Crippen LogP contribution is 2.36. The molecule has 0 heterocycles. The van der Waals surface area contributed by atoms with Gasteiger partial charge >= 0.3 is 5.97 Å². The number of carbonyl (C=O) groups is 2. The Balaban J connectivity index is 2.07. The predicted molar refractivity (Wildman–Crippen MR) is 71.8 cm³/mol. The summed E-state index contributed by atoms with van der Waals surface area (Å²) < 4.78 is 0. The van der Waals surface area contributed by atoms with Crippen LogP contribution < -0.4 is 5.32 Å². The number of hydrogen-bond acceptors (Lipinski definition) is 2. The monoisotopic (exact) mass is 261 g/mol. The van der Waals surface area contributed by atoms with Crippen LogP contribution in [0.2, 0.25) is 0 Å². The van der Waals surface area contributed by atoms with Gasteiger partial charge in [-0.25, -0.2) is 0 Å². The van der Waals surface area contributed by atoms with Gasteiger partial charge in [-0.1, -0.05) is 30.7 Å². The number of aryl methyl sites for hydroxylation is 1. The molecule has 0 aliphatic heterocycles. The molecule has 1 aromatic carbocycles. The molecule has 4 nitrogen and oxygen atoms in total. The molecule has 19 heavy (non-hydrogen) atoms. The van der Waals surface area contributed by atoms with Crippen LogP contribution in [0.25, 0.3) is 0 Å². The fourth-order valence-electron chi connectivity index (χ4n) is 2.65. The van der Waals surface area contributed by atoms with Gasteiger partial charge in [0.25, 0.3) is 0 Å². The van der Waals surface area contributed by atoms with Crippen LogP contribution in [0.4, 0.5) is 0 Å². The Morgan fingerprint density at radius 2 is 2.11 bits per heavy atom. The molecule has 2 rings (SSSR count). The molecule has 1 amide bonds. The van der Waals surface area contributed by atoms with Crippen molar-refractivity contribution < 1.29 is 14.7 Å². The van der Waals surface area contributed by atoms with Gasteiger partial charge in [-0.15, -0.1) is 0 Å². The first-order valence-corrected chi connectivity index (χ1v) is 6.58. The summed E-state index contributed by atoms with van der Waals surface area (Å²) in [6.45, 7) is 4.14. The normalized spacial score (nSPS) is 20.9. The fourth-order valence-corrected chi connectivity index (χ4v) is 2.65. The number of carboxylic acid groups (broad SMARTS) is 1. The number of amides is 1. The zero-order valence-electron chi connectivity index (χ0n) is 11.3. The Labute approximate surface area is 112 Å². The van der Waals surface area contributed by atoms with Gasteiger partial charge in [-0.3, -0.25) is 9.59 Å². The number of fused-ring (bicyclic) bond motifs is 1. The van der Waals surface area contributed by atoms with E-state index < -0.39 is 5.97 Å². The summed E-state index contributed by atoms with van der Waals surface area (Å²) >= 11 is 0. The maximum atomic E-state index is 11.8. The lowest BCUT2D eigenvalue weighted by Gasteiger charge is -2.19. The van der Waals surface area contributed by atoms with E-state index in [1.165, 1.54) is 16.7 Å². The van der Waals surface area contributed by atoms with E-state index in [4.69, 9.17) is 5.11 Å². The van der Waals surface area contributed by atoms with Gasteiger partial charge in [-0.2, -0.15) is 0 Å². The molecule has 0 spiro atoms. The Bertz CT molecular complexity index is 510. The molecule has 0 saturated carbocycles. The van der Waals surface area contributed by atoms with Crippen LogP contribution in [0.3, 0.4) is 0 Å². The molecular formula is C15H19NO3. The quantitative estimate of drug-likeness (QED) is 0.873. The van der Waals surface area contributed by atoms with Gasteiger partial charge in [0.15, 0.2) is 0 Å². The minimum Gasteiger partial charge on any atom is -0.481 e. The van der Waals surface area contributed by atoms with Crippen molar-refractivity contribution in [3.05, 3.63) is 34.9 Å². The summed E-state index contributed by atoms with van der Waals surface area (Å²) in [7, 11) is 0. The van der Waals surface area contributed by atoms with Crippen molar-refractivity contribution in [2.45, 2.75) is 39.2 Å². The first-order valence-electron chi connectivity index (χ1n) is 6.58. The summed E-state index contributed by atoms with van der Waals surface area (Å²) in [4.78, 5) is 22.2. The molecule has 1 aliphatic carbocycles. The van der Waals surface area contributed by atoms with E-state index >= 15 is 0 Å². The standard InChI is InChI=1S/C15H19NO3/c1-9-3-4-11-8-10(2)15(12(11)7-9)16-13(17)5-6-14(18)19/h3-4,7,10,15H,5-6,8H2,1-2H3,(H,16,17)(H,18,19). The van der Waals surface area contributed by atoms with Crippen molar-refractivity contribution in [3.63, 3.8) is 0 Å². The zero-order chi connectivity index (χ0) is 14.0. The van der Waals surface area contributed by atoms with Crippen LogP contribution in [0.5, 0.6) is 0 Å². The van der Waals surface area contributed by atoms with E-state index in [2.05, 4.69) is 30.4 Å². The van der Waals surface area contributed by atoms with E-state index in [0.717, 1.165) is 6.42 Å². The van der Waals surface area contributed by atoms with Gasteiger partial charge in [0.1, 0.15) is 0 Å². The minimum absolute atomic E-state index is 0.0104. The first-order chi connectivity index (χ1) is 8.97. The fraction of sp³-hybridized carbons (Fsp3) is 0.467. The van der Waals surface area contributed by atoms with E-state index in [0.29, 0.717) is 5.92 Å². The summed E-state index contributed by atoms with van der Waals surface area (Å²) in [5, 5.41) is 11.6. The average Bonchev–Trinajstić information content (AvgIpc) is 2.63. The Morgan fingerprint density at radius 3 is 2.79 bits per heavy atom. The van der Waals surface area contributed by atoms with Crippen LogP contribution in [-0.4, -0.2) is 17.0 Å². The number of carbonyl (C=O) groups excluding carboxylic acids is 1. The molecule has 0 bridgehead atoms. The first kappa shape index (κ1) is 13.6. The van der Waals surface area contributed by atoms with Crippen molar-refractivity contribution in [2.75, 3.05) is 0 Å². The lowest BCUT2D eigenvalue weighted by atomic mass is 10.0. The SMILES string of the molecule is Cc1ccc2c(c1)C(NC(=O)CCC(=O)O)C(C)C2. The molecule has 102 valence electrons. The van der Waals surface area contributed by atoms with E-state index in [-0.39, 0.29) is 24.8 Å². The molecule has 0 saturated heterocycles. The van der Waals surface area contributed by atoms with Crippen molar-refractivity contribution in [3.8, 4) is 0 Å². The maximum absolute atomic E-state index is 11.8. The van der Waals surface area contributed by atoms with Gasteiger partial charge < -0.3 is 10.4 Å². The lowest BCUT2D eigenvalue weighted by Crippen LogP contribution is -2.30. The van der Waals surface area contributed by atoms with Crippen LogP contribution >= 0.6 is 0 Å². The van der Waals surface area contributed by atoms with E-state index in [9.17, 15) is 9.59 Å². The molecule has 0 aromatic heterocycles. The van der Waals surface area contributed by atoms with Crippen molar-refractivity contribution >= 4 is 11.9 Å². The molecule has 0 radical (unpaired) electrons. The highest BCUT2D eigenvalue weighted by Gasteiger charge is 2.30. The molecule has 1 aliphatic rings. The number of rotatable bonds is 4. The van der Waals surface area contributed by atoms with Crippen molar-refractivity contribution in [1.82, 2.24) is 5.32 Å². The topological polar surface area (TPSA) is 66.4 Å². The molecule has 2 unspecified atom stereocenters. The third kappa shape index (κ3) is 3.13. The molecule has 4 heteroatoms. The van der Waals surface area contributed by atoms with Crippen LogP contribution in [0, 0.1) is 12.8 Å². The second kappa shape index (κ2) is 5.43. The largest absolute Gasteiger partial charge is 0.481 e. The van der Waals surface area contributed by atoms with Crippen molar-refractivity contribution in [2.24, 2.45) is 5.92 Å². The smallest absolute Gasteiger partial charge is 0.303 e. The highest BCUT2D eigenvalue weighted by atomic mass is 16.4. The number of carboxylic acids is 1. The number of benzene rings is 1. The summed E-state index contributed by atoms with van der Waals surface area (Å²) in [6.07, 6.45) is 0.882. The molecule has 0 fully saturated rings. The number of aliphatic carboxylic acids is 1.